The molecule has 3 rings (SSSR count). The second kappa shape index (κ2) is 8.42. The fraction of sp³-hybridized carbons (Fsp3) is 0.364. The third-order valence-corrected chi connectivity index (χ3v) is 5.25. The summed E-state index contributed by atoms with van der Waals surface area (Å²) in [7, 11) is 3.10. The molecule has 5 nitrogen and oxygen atoms in total. The van der Waals surface area contributed by atoms with E-state index in [1.165, 1.54) is 25.7 Å². The number of fused-ring (bicyclic) bond motifs is 1. The second-order valence-corrected chi connectivity index (χ2v) is 7.10. The number of carbonyl (C=O) groups excluding carboxylic acids is 2. The predicted octanol–water partition coefficient (Wildman–Crippen LogP) is 3.33. The van der Waals surface area contributed by atoms with Gasteiger partial charge in [-0.3, -0.25) is 9.59 Å². The summed E-state index contributed by atoms with van der Waals surface area (Å²) in [5, 5.41) is 0. The van der Waals surface area contributed by atoms with Crippen LogP contribution in [0.4, 0.5) is 4.39 Å². The van der Waals surface area contributed by atoms with Gasteiger partial charge in [0, 0.05) is 27.1 Å². The molecule has 0 saturated carbocycles. The van der Waals surface area contributed by atoms with Gasteiger partial charge in [0.15, 0.2) is 11.6 Å². The average Bonchev–Trinajstić information content (AvgIpc) is 2.68. The van der Waals surface area contributed by atoms with Gasteiger partial charge in [-0.1, -0.05) is 30.3 Å². The van der Waals surface area contributed by atoms with Crippen molar-refractivity contribution in [2.75, 3.05) is 20.7 Å². The monoisotopic (exact) mass is 384 g/mol. The van der Waals surface area contributed by atoms with Gasteiger partial charge in [-0.2, -0.15) is 0 Å². The van der Waals surface area contributed by atoms with Crippen LogP contribution in [-0.2, 0) is 22.6 Å². The largest absolute Gasteiger partial charge is 0.494 e. The number of carbonyl (C=O) groups is 2. The molecule has 1 heterocycles. The number of nitrogens with zero attached hydrogens (tertiary/aromatic N) is 2. The Morgan fingerprint density at radius 3 is 2.68 bits per heavy atom. The zero-order valence-corrected chi connectivity index (χ0v) is 16.4. The molecule has 0 radical (unpaired) electrons. The molecule has 1 unspecified atom stereocenters. The first-order valence-corrected chi connectivity index (χ1v) is 9.32. The number of halogens is 1. The van der Waals surface area contributed by atoms with E-state index in [2.05, 4.69) is 0 Å². The van der Waals surface area contributed by atoms with E-state index in [0.717, 1.165) is 12.0 Å². The van der Waals surface area contributed by atoms with Crippen molar-refractivity contribution in [2.24, 2.45) is 0 Å². The van der Waals surface area contributed by atoms with Crippen LogP contribution in [0.1, 0.15) is 36.1 Å². The van der Waals surface area contributed by atoms with Crippen molar-refractivity contribution in [2.45, 2.75) is 32.4 Å². The number of hydrogen-bond acceptors (Lipinski definition) is 3. The van der Waals surface area contributed by atoms with Gasteiger partial charge in [0.1, 0.15) is 0 Å². The van der Waals surface area contributed by atoms with Crippen molar-refractivity contribution >= 4 is 11.8 Å². The summed E-state index contributed by atoms with van der Waals surface area (Å²) in [4.78, 5) is 28.3. The minimum atomic E-state index is -0.454. The lowest BCUT2D eigenvalue weighted by Gasteiger charge is -2.37. The van der Waals surface area contributed by atoms with Crippen LogP contribution < -0.4 is 4.74 Å². The van der Waals surface area contributed by atoms with Gasteiger partial charge in [-0.05, 0) is 35.2 Å². The van der Waals surface area contributed by atoms with Crippen molar-refractivity contribution in [1.29, 1.82) is 0 Å². The Bertz CT molecular complexity index is 884. The molecular formula is C22H25FN2O3. The van der Waals surface area contributed by atoms with E-state index < -0.39 is 5.82 Å². The topological polar surface area (TPSA) is 49.9 Å². The van der Waals surface area contributed by atoms with Crippen LogP contribution in [0.5, 0.6) is 5.75 Å². The molecule has 0 fully saturated rings. The van der Waals surface area contributed by atoms with Crippen molar-refractivity contribution in [3.63, 3.8) is 0 Å². The van der Waals surface area contributed by atoms with Gasteiger partial charge >= 0.3 is 0 Å². The van der Waals surface area contributed by atoms with E-state index in [-0.39, 0.29) is 36.6 Å². The highest BCUT2D eigenvalue weighted by molar-refractivity contribution is 5.79. The molecule has 2 aromatic rings. The minimum Gasteiger partial charge on any atom is -0.494 e. The maximum Gasteiger partial charge on any atom is 0.225 e. The number of methoxy groups -OCH3 is 1. The smallest absolute Gasteiger partial charge is 0.225 e. The summed E-state index contributed by atoms with van der Waals surface area (Å²) >= 11 is 0. The SMILES string of the molecule is COc1ccc(CN(C)C(=O)CC2c3ccccc3CCN2C(C)=O)cc1F. The van der Waals surface area contributed by atoms with E-state index in [1.807, 2.05) is 24.3 Å². The Labute approximate surface area is 164 Å². The molecule has 148 valence electrons. The van der Waals surface area contributed by atoms with Crippen LogP contribution >= 0.6 is 0 Å². The standard InChI is InChI=1S/C22H25FN2O3/c1-15(26)25-11-10-17-6-4-5-7-18(17)20(25)13-22(27)24(2)14-16-8-9-21(28-3)19(23)12-16/h4-9,12,20H,10-11,13-14H2,1-3H3. The lowest BCUT2D eigenvalue weighted by atomic mass is 9.90. The first-order valence-electron chi connectivity index (χ1n) is 9.32. The van der Waals surface area contributed by atoms with Crippen LogP contribution in [0.25, 0.3) is 0 Å². The second-order valence-electron chi connectivity index (χ2n) is 7.10. The van der Waals surface area contributed by atoms with Gasteiger partial charge in [0.25, 0.3) is 0 Å². The van der Waals surface area contributed by atoms with Crippen LogP contribution in [0, 0.1) is 5.82 Å². The summed E-state index contributed by atoms with van der Waals surface area (Å²) in [6.07, 6.45) is 0.993. The zero-order chi connectivity index (χ0) is 20.3. The molecule has 0 saturated heterocycles. The molecule has 1 aliphatic heterocycles. The number of ether oxygens (including phenoxy) is 1. The van der Waals surface area contributed by atoms with E-state index in [4.69, 9.17) is 4.74 Å². The number of amides is 2. The Hall–Kier alpha value is -2.89. The van der Waals surface area contributed by atoms with Crippen LogP contribution in [0.15, 0.2) is 42.5 Å². The molecule has 0 aliphatic carbocycles. The third kappa shape index (κ3) is 4.16. The molecule has 2 amide bonds. The van der Waals surface area contributed by atoms with Crippen molar-refractivity contribution in [1.82, 2.24) is 9.80 Å². The summed E-state index contributed by atoms with van der Waals surface area (Å²) in [5.41, 5.74) is 2.89. The van der Waals surface area contributed by atoms with Gasteiger partial charge in [-0.15, -0.1) is 0 Å². The van der Waals surface area contributed by atoms with E-state index in [9.17, 15) is 14.0 Å². The lowest BCUT2D eigenvalue weighted by molar-refractivity contribution is -0.136. The maximum absolute atomic E-state index is 13.9. The highest BCUT2D eigenvalue weighted by atomic mass is 19.1. The van der Waals surface area contributed by atoms with Gasteiger partial charge in [-0.25, -0.2) is 4.39 Å². The Kier molecular flexibility index (Phi) is 5.97. The van der Waals surface area contributed by atoms with Gasteiger partial charge in [0.2, 0.25) is 11.8 Å². The van der Waals surface area contributed by atoms with E-state index in [1.54, 1.807) is 29.0 Å². The quantitative estimate of drug-likeness (QED) is 0.795. The van der Waals surface area contributed by atoms with E-state index >= 15 is 0 Å². The molecule has 1 aliphatic rings. The van der Waals surface area contributed by atoms with Crippen LogP contribution in [0.2, 0.25) is 0 Å². The van der Waals surface area contributed by atoms with Gasteiger partial charge < -0.3 is 14.5 Å². The minimum absolute atomic E-state index is 0.0350. The number of benzene rings is 2. The summed E-state index contributed by atoms with van der Waals surface area (Å²) in [6, 6.07) is 12.3. The maximum atomic E-state index is 13.9. The number of rotatable bonds is 5. The molecule has 0 aromatic heterocycles. The first kappa shape index (κ1) is 19.9. The molecular weight excluding hydrogens is 359 g/mol. The van der Waals surface area contributed by atoms with Crippen LogP contribution in [-0.4, -0.2) is 42.3 Å². The van der Waals surface area contributed by atoms with Crippen molar-refractivity contribution in [3.05, 3.63) is 65.0 Å². The summed E-state index contributed by atoms with van der Waals surface area (Å²) in [6.45, 7) is 2.43. The zero-order valence-electron chi connectivity index (χ0n) is 16.4. The normalized spacial score (nSPS) is 15.7. The fourth-order valence-electron chi connectivity index (χ4n) is 3.74. The molecule has 2 aromatic carbocycles. The van der Waals surface area contributed by atoms with E-state index in [0.29, 0.717) is 12.1 Å². The molecule has 0 spiro atoms. The van der Waals surface area contributed by atoms with Crippen molar-refractivity contribution in [3.8, 4) is 5.75 Å². The predicted molar refractivity (Wildman–Crippen MR) is 104 cm³/mol. The van der Waals surface area contributed by atoms with Gasteiger partial charge in [0.05, 0.1) is 19.6 Å². The number of hydrogen-bond donors (Lipinski definition) is 0. The Morgan fingerprint density at radius 1 is 1.25 bits per heavy atom. The molecule has 6 heteroatoms. The van der Waals surface area contributed by atoms with Crippen molar-refractivity contribution < 1.29 is 18.7 Å². The summed E-state index contributed by atoms with van der Waals surface area (Å²) in [5.74, 6) is -0.408. The highest BCUT2D eigenvalue weighted by Gasteiger charge is 2.31. The molecule has 28 heavy (non-hydrogen) atoms. The lowest BCUT2D eigenvalue weighted by Crippen LogP contribution is -2.41. The third-order valence-electron chi connectivity index (χ3n) is 5.25. The average molecular weight is 384 g/mol. The Balaban J connectivity index is 1.75. The Morgan fingerprint density at radius 2 is 2.00 bits per heavy atom. The fourth-order valence-corrected chi connectivity index (χ4v) is 3.74. The van der Waals surface area contributed by atoms with Crippen LogP contribution in [0.3, 0.4) is 0 Å². The first-order chi connectivity index (χ1) is 13.4. The highest BCUT2D eigenvalue weighted by Crippen LogP contribution is 2.32. The molecule has 0 bridgehead atoms. The molecule has 0 N–H and O–H groups in total. The summed E-state index contributed by atoms with van der Waals surface area (Å²) < 4.78 is 18.8. The molecule has 1 atom stereocenters.